The average molecular weight is 315 g/mol. The summed E-state index contributed by atoms with van der Waals surface area (Å²) in [5.74, 6) is 1.93. The van der Waals surface area contributed by atoms with Crippen LogP contribution >= 0.6 is 0 Å². The Labute approximate surface area is 139 Å². The van der Waals surface area contributed by atoms with Gasteiger partial charge in [0.15, 0.2) is 5.96 Å². The summed E-state index contributed by atoms with van der Waals surface area (Å²) in [7, 11) is 0. The molecule has 1 aliphatic heterocycles. The van der Waals surface area contributed by atoms with Crippen LogP contribution in [0.2, 0.25) is 0 Å². The summed E-state index contributed by atoms with van der Waals surface area (Å²) in [6.45, 7) is 7.04. The molecule has 2 N–H and O–H groups in total. The number of rotatable bonds is 4. The van der Waals surface area contributed by atoms with E-state index in [2.05, 4.69) is 36.6 Å². The fourth-order valence-electron chi connectivity index (χ4n) is 3.63. The van der Waals surface area contributed by atoms with Gasteiger partial charge in [0, 0.05) is 25.1 Å². The lowest BCUT2D eigenvalue weighted by Gasteiger charge is -2.28. The van der Waals surface area contributed by atoms with Crippen molar-refractivity contribution in [1.82, 2.24) is 10.6 Å². The Kier molecular flexibility index (Phi) is 5.09. The number of benzene rings is 1. The van der Waals surface area contributed by atoms with Gasteiger partial charge in [-0.15, -0.1) is 0 Å². The maximum atomic E-state index is 5.75. The predicted molar refractivity (Wildman–Crippen MR) is 95.0 cm³/mol. The van der Waals surface area contributed by atoms with Crippen LogP contribution < -0.4 is 15.4 Å². The number of hydrogen-bond donors (Lipinski definition) is 2. The molecule has 3 rings (SSSR count). The van der Waals surface area contributed by atoms with Gasteiger partial charge < -0.3 is 15.4 Å². The molecule has 1 fully saturated rings. The Morgan fingerprint density at radius 3 is 2.87 bits per heavy atom. The second kappa shape index (κ2) is 7.24. The molecule has 1 aromatic carbocycles. The van der Waals surface area contributed by atoms with Gasteiger partial charge in [-0.3, -0.25) is 4.99 Å². The molecule has 0 bridgehead atoms. The zero-order valence-electron chi connectivity index (χ0n) is 14.4. The zero-order valence-corrected chi connectivity index (χ0v) is 14.4. The summed E-state index contributed by atoms with van der Waals surface area (Å²) in [6.07, 6.45) is 6.28. The fourth-order valence-corrected chi connectivity index (χ4v) is 3.63. The van der Waals surface area contributed by atoms with E-state index in [-0.39, 0.29) is 6.04 Å². The molecule has 0 spiro atoms. The lowest BCUT2D eigenvalue weighted by Crippen LogP contribution is -2.41. The maximum absolute atomic E-state index is 5.75. The Balaban J connectivity index is 1.70. The second-order valence-corrected chi connectivity index (χ2v) is 7.08. The molecule has 4 nitrogen and oxygen atoms in total. The highest BCUT2D eigenvalue weighted by Gasteiger charge is 2.28. The standard InChI is InChI=1S/C19H29N3O/c1-3-20-18(21-14-19(2)11-6-7-12-19)22-16-10-13-23-17-9-5-4-8-15(16)17/h4-5,8-9,16H,3,6-7,10-14H2,1-2H3,(H2,20,21,22). The van der Waals surface area contributed by atoms with Crippen LogP contribution in [0.1, 0.15) is 57.6 Å². The van der Waals surface area contributed by atoms with Crippen molar-refractivity contribution in [3.8, 4) is 5.75 Å². The van der Waals surface area contributed by atoms with Crippen molar-refractivity contribution in [2.75, 3.05) is 19.7 Å². The number of fused-ring (bicyclic) bond motifs is 1. The van der Waals surface area contributed by atoms with E-state index in [1.54, 1.807) is 0 Å². The van der Waals surface area contributed by atoms with Crippen molar-refractivity contribution in [2.24, 2.45) is 10.4 Å². The van der Waals surface area contributed by atoms with Crippen molar-refractivity contribution >= 4 is 5.96 Å². The van der Waals surface area contributed by atoms with Crippen molar-refractivity contribution in [3.63, 3.8) is 0 Å². The first-order valence-electron chi connectivity index (χ1n) is 8.97. The Bertz CT molecular complexity index is 549. The zero-order chi connectivity index (χ0) is 16.1. The van der Waals surface area contributed by atoms with Crippen molar-refractivity contribution in [1.29, 1.82) is 0 Å². The van der Waals surface area contributed by atoms with Gasteiger partial charge in [0.25, 0.3) is 0 Å². The quantitative estimate of drug-likeness (QED) is 0.658. The number of guanidine groups is 1. The molecule has 1 heterocycles. The molecule has 0 aromatic heterocycles. The van der Waals surface area contributed by atoms with Gasteiger partial charge >= 0.3 is 0 Å². The van der Waals surface area contributed by atoms with E-state index in [4.69, 9.17) is 9.73 Å². The van der Waals surface area contributed by atoms with E-state index in [1.165, 1.54) is 31.2 Å². The number of nitrogens with one attached hydrogen (secondary N) is 2. The minimum atomic E-state index is 0.272. The second-order valence-electron chi connectivity index (χ2n) is 7.08. The molecule has 1 saturated carbocycles. The van der Waals surface area contributed by atoms with Gasteiger partial charge in [-0.25, -0.2) is 0 Å². The molecule has 0 saturated heterocycles. The monoisotopic (exact) mass is 315 g/mol. The third kappa shape index (κ3) is 3.98. The molecule has 4 heteroatoms. The van der Waals surface area contributed by atoms with Gasteiger partial charge in [0.2, 0.25) is 0 Å². The Hall–Kier alpha value is -1.71. The smallest absolute Gasteiger partial charge is 0.191 e. The summed E-state index contributed by atoms with van der Waals surface area (Å²) in [4.78, 5) is 4.89. The third-order valence-electron chi connectivity index (χ3n) is 5.04. The largest absolute Gasteiger partial charge is 0.493 e. The number of para-hydroxylation sites is 1. The number of hydrogen-bond acceptors (Lipinski definition) is 2. The summed E-state index contributed by atoms with van der Waals surface area (Å²) in [5, 5.41) is 7.01. The van der Waals surface area contributed by atoms with Gasteiger partial charge in [0.05, 0.1) is 12.6 Å². The average Bonchev–Trinajstić information content (AvgIpc) is 3.00. The Morgan fingerprint density at radius 1 is 1.30 bits per heavy atom. The first-order chi connectivity index (χ1) is 11.2. The summed E-state index contributed by atoms with van der Waals surface area (Å²) in [5.41, 5.74) is 1.62. The minimum Gasteiger partial charge on any atom is -0.493 e. The summed E-state index contributed by atoms with van der Waals surface area (Å²) >= 11 is 0. The van der Waals surface area contributed by atoms with Gasteiger partial charge in [-0.05, 0) is 31.2 Å². The predicted octanol–water partition coefficient (Wildman–Crippen LogP) is 3.65. The first-order valence-corrected chi connectivity index (χ1v) is 8.97. The van der Waals surface area contributed by atoms with Crippen LogP contribution in [0.5, 0.6) is 5.75 Å². The Morgan fingerprint density at radius 2 is 2.09 bits per heavy atom. The lowest BCUT2D eigenvalue weighted by atomic mass is 9.89. The highest BCUT2D eigenvalue weighted by molar-refractivity contribution is 5.80. The van der Waals surface area contributed by atoms with Gasteiger partial charge in [-0.2, -0.15) is 0 Å². The molecular weight excluding hydrogens is 286 g/mol. The summed E-state index contributed by atoms with van der Waals surface area (Å²) in [6, 6.07) is 8.57. The van der Waals surface area contributed by atoms with Gasteiger partial charge in [-0.1, -0.05) is 38.0 Å². The van der Waals surface area contributed by atoms with Crippen LogP contribution in [0.3, 0.4) is 0 Å². The van der Waals surface area contributed by atoms with Crippen LogP contribution in [-0.2, 0) is 0 Å². The van der Waals surface area contributed by atoms with E-state index in [1.807, 2.05) is 12.1 Å². The van der Waals surface area contributed by atoms with Crippen LogP contribution in [0.4, 0.5) is 0 Å². The van der Waals surface area contributed by atoms with E-state index >= 15 is 0 Å². The number of ether oxygens (including phenoxy) is 1. The van der Waals surface area contributed by atoms with E-state index in [0.717, 1.165) is 37.8 Å². The van der Waals surface area contributed by atoms with Crippen LogP contribution in [0, 0.1) is 5.41 Å². The molecular formula is C19H29N3O. The van der Waals surface area contributed by atoms with Crippen LogP contribution in [-0.4, -0.2) is 25.7 Å². The first kappa shape index (κ1) is 16.2. The summed E-state index contributed by atoms with van der Waals surface area (Å²) < 4.78 is 5.75. The molecule has 1 atom stereocenters. The van der Waals surface area contributed by atoms with E-state index < -0.39 is 0 Å². The van der Waals surface area contributed by atoms with Crippen molar-refractivity contribution < 1.29 is 4.74 Å². The molecule has 23 heavy (non-hydrogen) atoms. The molecule has 1 aliphatic carbocycles. The maximum Gasteiger partial charge on any atom is 0.191 e. The molecule has 2 aliphatic rings. The van der Waals surface area contributed by atoms with Gasteiger partial charge in [0.1, 0.15) is 5.75 Å². The fraction of sp³-hybridized carbons (Fsp3) is 0.632. The molecule has 0 radical (unpaired) electrons. The number of nitrogens with zero attached hydrogens (tertiary/aromatic N) is 1. The highest BCUT2D eigenvalue weighted by Crippen LogP contribution is 2.37. The van der Waals surface area contributed by atoms with Crippen molar-refractivity contribution in [2.45, 2.75) is 52.0 Å². The SMILES string of the molecule is CCNC(=NCC1(C)CCCC1)NC1CCOc2ccccc21. The molecule has 1 unspecified atom stereocenters. The van der Waals surface area contributed by atoms with Crippen molar-refractivity contribution in [3.05, 3.63) is 29.8 Å². The van der Waals surface area contributed by atoms with Crippen LogP contribution in [0.25, 0.3) is 0 Å². The molecule has 126 valence electrons. The van der Waals surface area contributed by atoms with Crippen LogP contribution in [0.15, 0.2) is 29.3 Å². The highest BCUT2D eigenvalue weighted by atomic mass is 16.5. The minimum absolute atomic E-state index is 0.272. The topological polar surface area (TPSA) is 45.7 Å². The molecule has 1 aromatic rings. The van der Waals surface area contributed by atoms with E-state index in [0.29, 0.717) is 5.41 Å². The normalized spacial score (nSPS) is 23.0. The number of aliphatic imine (C=N–C) groups is 1. The van der Waals surface area contributed by atoms with E-state index in [9.17, 15) is 0 Å². The third-order valence-corrected chi connectivity index (χ3v) is 5.04. The molecule has 0 amide bonds. The lowest BCUT2D eigenvalue weighted by molar-refractivity contribution is 0.261.